The predicted molar refractivity (Wildman–Crippen MR) is 54.8 cm³/mol. The van der Waals surface area contributed by atoms with E-state index < -0.39 is 16.1 Å². The number of aliphatic hydroxyl groups excluding tert-OH is 1. The monoisotopic (exact) mass is 233 g/mol. The summed E-state index contributed by atoms with van der Waals surface area (Å²) in [6.45, 7) is 3.89. The van der Waals surface area contributed by atoms with Gasteiger partial charge in [-0.15, -0.1) is 0 Å². The maximum absolute atomic E-state index is 11.6. The smallest absolute Gasteiger partial charge is 0.259 e. The fraction of sp³-hybridized carbons (Fsp3) is 0.625. The van der Waals surface area contributed by atoms with E-state index in [1.165, 1.54) is 12.5 Å². The minimum Gasteiger partial charge on any atom is -0.395 e. The van der Waals surface area contributed by atoms with Gasteiger partial charge in [-0.25, -0.2) is 18.1 Å². The molecule has 1 aromatic heterocycles. The van der Waals surface area contributed by atoms with E-state index in [0.717, 1.165) is 0 Å². The third-order valence-corrected chi connectivity index (χ3v) is 3.35. The Morgan fingerprint density at radius 3 is 2.80 bits per heavy atom. The highest BCUT2D eigenvalue weighted by Gasteiger charge is 2.19. The van der Waals surface area contributed by atoms with Crippen LogP contribution in [-0.4, -0.2) is 35.7 Å². The number of rotatable bonds is 5. The zero-order valence-corrected chi connectivity index (χ0v) is 9.53. The van der Waals surface area contributed by atoms with Crippen LogP contribution in [0.3, 0.4) is 0 Å². The first-order chi connectivity index (χ1) is 6.99. The lowest BCUT2D eigenvalue weighted by atomic mass is 10.4. The van der Waals surface area contributed by atoms with Crippen molar-refractivity contribution in [2.24, 2.45) is 0 Å². The number of sulfonamides is 1. The van der Waals surface area contributed by atoms with Crippen molar-refractivity contribution in [2.45, 2.75) is 31.5 Å². The molecule has 7 heteroatoms. The number of imidazole rings is 1. The summed E-state index contributed by atoms with van der Waals surface area (Å²) < 4.78 is 27.2. The molecule has 0 amide bonds. The van der Waals surface area contributed by atoms with E-state index in [4.69, 9.17) is 5.11 Å². The van der Waals surface area contributed by atoms with E-state index in [2.05, 4.69) is 9.71 Å². The van der Waals surface area contributed by atoms with Crippen molar-refractivity contribution in [1.29, 1.82) is 0 Å². The third kappa shape index (κ3) is 3.01. The molecule has 0 aliphatic heterocycles. The van der Waals surface area contributed by atoms with Gasteiger partial charge in [0.25, 0.3) is 10.0 Å². The van der Waals surface area contributed by atoms with Crippen molar-refractivity contribution in [1.82, 2.24) is 14.3 Å². The van der Waals surface area contributed by atoms with Crippen molar-refractivity contribution in [3.8, 4) is 0 Å². The van der Waals surface area contributed by atoms with E-state index in [0.29, 0.717) is 6.54 Å². The van der Waals surface area contributed by atoms with Crippen LogP contribution in [0, 0.1) is 0 Å². The van der Waals surface area contributed by atoms with Crippen LogP contribution in [0.2, 0.25) is 0 Å². The van der Waals surface area contributed by atoms with E-state index in [9.17, 15) is 8.42 Å². The Balaban J connectivity index is 2.86. The van der Waals surface area contributed by atoms with E-state index >= 15 is 0 Å². The Morgan fingerprint density at radius 2 is 2.33 bits per heavy atom. The molecule has 1 aromatic rings. The standard InChI is InChI=1S/C8H15N3O3S/c1-3-11-4-8(9-6-11)15(13,14)10-7(2)5-12/h4,6-7,10,12H,3,5H2,1-2H3/t7-/m1/s1. The lowest BCUT2D eigenvalue weighted by Gasteiger charge is -2.09. The quantitative estimate of drug-likeness (QED) is 0.722. The molecule has 15 heavy (non-hydrogen) atoms. The van der Waals surface area contributed by atoms with Crippen LogP contribution in [0.25, 0.3) is 0 Å². The lowest BCUT2D eigenvalue weighted by Crippen LogP contribution is -2.35. The molecule has 0 bridgehead atoms. The van der Waals surface area contributed by atoms with Gasteiger partial charge < -0.3 is 9.67 Å². The van der Waals surface area contributed by atoms with Crippen molar-refractivity contribution in [2.75, 3.05) is 6.61 Å². The van der Waals surface area contributed by atoms with E-state index in [-0.39, 0.29) is 11.6 Å². The van der Waals surface area contributed by atoms with Crippen molar-refractivity contribution in [3.05, 3.63) is 12.5 Å². The second-order valence-corrected chi connectivity index (χ2v) is 4.91. The summed E-state index contributed by atoms with van der Waals surface area (Å²) >= 11 is 0. The molecular weight excluding hydrogens is 218 g/mol. The molecular formula is C8H15N3O3S. The molecule has 0 aliphatic rings. The minimum atomic E-state index is -3.60. The molecule has 0 radical (unpaired) electrons. The maximum atomic E-state index is 11.6. The highest BCUT2D eigenvalue weighted by molar-refractivity contribution is 7.89. The summed E-state index contributed by atoms with van der Waals surface area (Å²) in [4.78, 5) is 3.78. The van der Waals surface area contributed by atoms with E-state index in [1.807, 2.05) is 6.92 Å². The molecule has 2 N–H and O–H groups in total. The van der Waals surface area contributed by atoms with Gasteiger partial charge in [-0.3, -0.25) is 0 Å². The highest BCUT2D eigenvalue weighted by Crippen LogP contribution is 2.05. The van der Waals surface area contributed by atoms with Gasteiger partial charge in [0.05, 0.1) is 12.9 Å². The van der Waals surface area contributed by atoms with Gasteiger partial charge >= 0.3 is 0 Å². The van der Waals surface area contributed by atoms with E-state index in [1.54, 1.807) is 11.5 Å². The number of aromatic nitrogens is 2. The molecule has 0 aromatic carbocycles. The van der Waals surface area contributed by atoms with Crippen molar-refractivity contribution < 1.29 is 13.5 Å². The average molecular weight is 233 g/mol. The van der Waals surface area contributed by atoms with Crippen LogP contribution in [0.15, 0.2) is 17.6 Å². The second-order valence-electron chi connectivity index (χ2n) is 3.25. The Kier molecular flexibility index (Phi) is 3.83. The molecule has 1 rings (SSSR count). The first-order valence-electron chi connectivity index (χ1n) is 4.64. The number of aryl methyl sites for hydroxylation is 1. The van der Waals surface area contributed by atoms with Crippen LogP contribution in [-0.2, 0) is 16.6 Å². The molecule has 0 unspecified atom stereocenters. The van der Waals surface area contributed by atoms with Crippen LogP contribution in [0.5, 0.6) is 0 Å². The molecule has 0 spiro atoms. The Morgan fingerprint density at radius 1 is 1.67 bits per heavy atom. The lowest BCUT2D eigenvalue weighted by molar-refractivity contribution is 0.265. The summed E-state index contributed by atoms with van der Waals surface area (Å²) in [6, 6.07) is -0.512. The molecule has 6 nitrogen and oxygen atoms in total. The largest absolute Gasteiger partial charge is 0.395 e. The minimum absolute atomic E-state index is 0.0235. The third-order valence-electron chi connectivity index (χ3n) is 1.88. The zero-order valence-electron chi connectivity index (χ0n) is 8.71. The number of nitrogens with one attached hydrogen (secondary N) is 1. The molecule has 0 saturated heterocycles. The summed E-state index contributed by atoms with van der Waals surface area (Å²) in [6.07, 6.45) is 2.91. The van der Waals surface area contributed by atoms with Gasteiger partial charge in [-0.05, 0) is 13.8 Å². The fourth-order valence-electron chi connectivity index (χ4n) is 1.01. The first-order valence-corrected chi connectivity index (χ1v) is 6.13. The normalized spacial score (nSPS) is 14.1. The van der Waals surface area contributed by atoms with Crippen LogP contribution >= 0.6 is 0 Å². The summed E-state index contributed by atoms with van der Waals surface area (Å²) in [5, 5.41) is 8.72. The predicted octanol–water partition coefficient (Wildman–Crippen LogP) is -0.438. The average Bonchev–Trinajstić information content (AvgIpc) is 2.65. The Labute approximate surface area is 89.0 Å². The summed E-state index contributed by atoms with van der Waals surface area (Å²) in [5.41, 5.74) is 0. The summed E-state index contributed by atoms with van der Waals surface area (Å²) in [7, 11) is -3.60. The molecule has 1 atom stereocenters. The van der Waals surface area contributed by atoms with Crippen LogP contribution in [0.1, 0.15) is 13.8 Å². The number of hydrogen-bond acceptors (Lipinski definition) is 4. The highest BCUT2D eigenvalue weighted by atomic mass is 32.2. The Bertz CT molecular complexity index is 413. The molecule has 0 fully saturated rings. The van der Waals surface area contributed by atoms with Gasteiger partial charge in [-0.1, -0.05) is 0 Å². The van der Waals surface area contributed by atoms with Crippen LogP contribution in [0.4, 0.5) is 0 Å². The second kappa shape index (κ2) is 4.73. The first kappa shape index (κ1) is 12.2. The maximum Gasteiger partial charge on any atom is 0.259 e. The molecule has 86 valence electrons. The van der Waals surface area contributed by atoms with Gasteiger partial charge in [0.1, 0.15) is 0 Å². The van der Waals surface area contributed by atoms with Crippen LogP contribution < -0.4 is 4.72 Å². The van der Waals surface area contributed by atoms with Gasteiger partial charge in [0.15, 0.2) is 5.03 Å². The van der Waals surface area contributed by atoms with Gasteiger partial charge in [0.2, 0.25) is 0 Å². The Hall–Kier alpha value is -0.920. The molecule has 0 saturated carbocycles. The summed E-state index contributed by atoms with van der Waals surface area (Å²) in [5.74, 6) is 0. The zero-order chi connectivity index (χ0) is 11.5. The molecule has 0 aliphatic carbocycles. The van der Waals surface area contributed by atoms with Crippen molar-refractivity contribution >= 4 is 10.0 Å². The fourth-order valence-corrected chi connectivity index (χ4v) is 2.20. The molecule has 1 heterocycles. The van der Waals surface area contributed by atoms with Gasteiger partial charge in [0, 0.05) is 18.8 Å². The number of nitrogens with zero attached hydrogens (tertiary/aromatic N) is 2. The SMILES string of the molecule is CCn1cnc(S(=O)(=O)N[C@H](C)CO)c1. The van der Waals surface area contributed by atoms with Gasteiger partial charge in [-0.2, -0.15) is 0 Å². The van der Waals surface area contributed by atoms with Crippen molar-refractivity contribution in [3.63, 3.8) is 0 Å². The number of aliphatic hydroxyl groups is 1. The topological polar surface area (TPSA) is 84.2 Å². The number of hydrogen-bond donors (Lipinski definition) is 2.